The molecule has 1 aliphatic carbocycles. The van der Waals surface area contributed by atoms with Gasteiger partial charge in [-0.2, -0.15) is 28.8 Å². The van der Waals surface area contributed by atoms with Crippen molar-refractivity contribution in [2.45, 2.75) is 44.0 Å². The van der Waals surface area contributed by atoms with Crippen molar-refractivity contribution in [3.63, 3.8) is 0 Å². The van der Waals surface area contributed by atoms with Crippen molar-refractivity contribution >= 4 is 17.4 Å². The Morgan fingerprint density at radius 1 is 1.18 bits per heavy atom. The van der Waals surface area contributed by atoms with E-state index in [-0.39, 0.29) is 33.8 Å². The number of nitrogen functional groups attached to an aromatic ring is 1. The number of aromatic nitrogens is 3. The number of anilines is 1. The molecular weight excluding hydrogens is 469 g/mol. The number of nitrogens with zero attached hydrogens (tertiary/aromatic N) is 5. The van der Waals surface area contributed by atoms with Crippen LogP contribution in [0.4, 0.5) is 19.0 Å². The highest BCUT2D eigenvalue weighted by atomic mass is 35.5. The van der Waals surface area contributed by atoms with E-state index in [9.17, 15) is 28.8 Å². The maximum absolute atomic E-state index is 13.1. The zero-order valence-corrected chi connectivity index (χ0v) is 18.5. The molecule has 0 radical (unpaired) electrons. The van der Waals surface area contributed by atoms with E-state index >= 15 is 0 Å². The summed E-state index contributed by atoms with van der Waals surface area (Å²) in [5.74, 6) is -0.181. The molecule has 0 saturated heterocycles. The Kier molecular flexibility index (Phi) is 5.98. The second kappa shape index (κ2) is 8.64. The van der Waals surface area contributed by atoms with Crippen LogP contribution in [0.25, 0.3) is 22.4 Å². The molecule has 0 aliphatic heterocycles. The van der Waals surface area contributed by atoms with Crippen LogP contribution in [-0.4, -0.2) is 25.5 Å². The zero-order chi connectivity index (χ0) is 24.7. The van der Waals surface area contributed by atoms with Crippen LogP contribution in [-0.2, 0) is 12.7 Å². The Bertz CT molecular complexity index is 1350. The third-order valence-corrected chi connectivity index (χ3v) is 6.32. The van der Waals surface area contributed by atoms with E-state index < -0.39 is 22.4 Å². The van der Waals surface area contributed by atoms with Crippen LogP contribution >= 0.6 is 11.6 Å². The topological polar surface area (TPSA) is 125 Å². The Balaban J connectivity index is 1.79. The molecule has 0 amide bonds. The monoisotopic (exact) mass is 486 g/mol. The molecule has 11 heteroatoms. The summed E-state index contributed by atoms with van der Waals surface area (Å²) in [6, 6.07) is 6.86. The van der Waals surface area contributed by atoms with Gasteiger partial charge in [0.2, 0.25) is 0 Å². The highest BCUT2D eigenvalue weighted by molar-refractivity contribution is 6.31. The smallest absolute Gasteiger partial charge is 0.390 e. The highest BCUT2D eigenvalue weighted by Gasteiger charge is 2.34. The molecule has 3 N–H and O–H groups in total. The van der Waals surface area contributed by atoms with Gasteiger partial charge in [-0.05, 0) is 43.4 Å². The summed E-state index contributed by atoms with van der Waals surface area (Å²) in [6.45, 7) is 0.450. The summed E-state index contributed by atoms with van der Waals surface area (Å²) in [4.78, 5) is 4.22. The van der Waals surface area contributed by atoms with Crippen LogP contribution < -0.4 is 5.73 Å². The number of benzene rings is 1. The fourth-order valence-electron chi connectivity index (χ4n) is 3.99. The normalized spacial score (nSPS) is 14.8. The lowest BCUT2D eigenvalue weighted by Crippen LogP contribution is -2.37. The Hall–Kier alpha value is -3.60. The Labute approximate surface area is 197 Å². The fraction of sp³-hybridized carbons (Fsp3) is 0.304. The van der Waals surface area contributed by atoms with Gasteiger partial charge >= 0.3 is 6.18 Å². The second-order valence-electron chi connectivity index (χ2n) is 8.21. The molecule has 1 fully saturated rings. The van der Waals surface area contributed by atoms with E-state index in [1.165, 1.54) is 6.20 Å². The van der Waals surface area contributed by atoms with Crippen LogP contribution in [0.15, 0.2) is 30.6 Å². The number of hydrogen-bond acceptors (Lipinski definition) is 6. The number of hydrogen-bond donors (Lipinski definition) is 2. The number of nitrogens with two attached hydrogens (primary N) is 1. The van der Waals surface area contributed by atoms with Gasteiger partial charge in [-0.3, -0.25) is 4.68 Å². The van der Waals surface area contributed by atoms with Gasteiger partial charge in [0.15, 0.2) is 0 Å². The minimum Gasteiger partial charge on any atom is -0.390 e. The van der Waals surface area contributed by atoms with Crippen LogP contribution in [0.3, 0.4) is 0 Å². The lowest BCUT2D eigenvalue weighted by Gasteiger charge is -2.36. The summed E-state index contributed by atoms with van der Waals surface area (Å²) < 4.78 is 41.0. The maximum atomic E-state index is 13.1. The molecule has 0 atom stereocenters. The first-order chi connectivity index (χ1) is 16.1. The molecule has 0 spiro atoms. The average molecular weight is 487 g/mol. The van der Waals surface area contributed by atoms with Gasteiger partial charge in [0, 0.05) is 23.9 Å². The van der Waals surface area contributed by atoms with Crippen molar-refractivity contribution in [2.24, 2.45) is 0 Å². The SMILES string of the molecule is N#Cc1c(N)nc(-c2cnn(CCC3(O)CCC3)c2)c(C#N)c1-c1ccc(C(F)(F)F)c(Cl)c1. The van der Waals surface area contributed by atoms with Gasteiger partial charge in [-0.15, -0.1) is 0 Å². The maximum Gasteiger partial charge on any atom is 0.417 e. The molecule has 0 unspecified atom stereocenters. The largest absolute Gasteiger partial charge is 0.417 e. The van der Waals surface area contributed by atoms with E-state index in [4.69, 9.17) is 17.3 Å². The standard InChI is InChI=1S/C23H18ClF3N6O/c24-18-8-13(2-3-17(18)23(25,26)27)19-15(9-28)20(32-21(30)16(19)10-29)14-11-31-33(12-14)7-6-22(34)4-1-5-22/h2-3,8,11-12,34H,1,4-7H2,(H2,30,32). The summed E-state index contributed by atoms with van der Waals surface area (Å²) in [5.41, 5.74) is 4.84. The molecule has 34 heavy (non-hydrogen) atoms. The van der Waals surface area contributed by atoms with E-state index in [2.05, 4.69) is 10.1 Å². The number of aliphatic hydroxyl groups is 1. The first kappa shape index (κ1) is 23.6. The predicted molar refractivity (Wildman–Crippen MR) is 118 cm³/mol. The zero-order valence-electron chi connectivity index (χ0n) is 17.7. The van der Waals surface area contributed by atoms with Crippen molar-refractivity contribution in [1.29, 1.82) is 10.5 Å². The number of nitriles is 2. The fourth-order valence-corrected chi connectivity index (χ4v) is 4.28. The minimum atomic E-state index is -4.66. The molecule has 1 saturated carbocycles. The molecule has 1 aromatic carbocycles. The number of halogens is 4. The highest BCUT2D eigenvalue weighted by Crippen LogP contribution is 2.41. The van der Waals surface area contributed by atoms with Crippen LogP contribution in [0.5, 0.6) is 0 Å². The molecule has 2 heterocycles. The molecule has 1 aliphatic rings. The molecule has 0 bridgehead atoms. The molecule has 3 aromatic rings. The summed E-state index contributed by atoms with van der Waals surface area (Å²) in [5, 5.41) is 33.6. The lowest BCUT2D eigenvalue weighted by molar-refractivity contribution is -0.137. The van der Waals surface area contributed by atoms with Gasteiger partial charge < -0.3 is 10.8 Å². The number of aryl methyl sites for hydroxylation is 1. The van der Waals surface area contributed by atoms with Crippen molar-refractivity contribution < 1.29 is 18.3 Å². The third kappa shape index (κ3) is 4.30. The first-order valence-electron chi connectivity index (χ1n) is 10.3. The van der Waals surface area contributed by atoms with Gasteiger partial charge in [-0.1, -0.05) is 17.7 Å². The lowest BCUT2D eigenvalue weighted by atomic mass is 9.78. The Morgan fingerprint density at radius 2 is 1.88 bits per heavy atom. The van der Waals surface area contributed by atoms with Crippen LogP contribution in [0, 0.1) is 22.7 Å². The average Bonchev–Trinajstić information content (AvgIpc) is 3.23. The molecule has 174 valence electrons. The molecule has 2 aromatic heterocycles. The van der Waals surface area contributed by atoms with E-state index in [0.29, 0.717) is 18.5 Å². The number of alkyl halides is 3. The minimum absolute atomic E-state index is 0.0413. The summed E-state index contributed by atoms with van der Waals surface area (Å²) in [7, 11) is 0. The predicted octanol–water partition coefficient (Wildman–Crippen LogP) is 4.91. The van der Waals surface area contributed by atoms with Gasteiger partial charge in [0.05, 0.1) is 33.6 Å². The van der Waals surface area contributed by atoms with Crippen molar-refractivity contribution in [1.82, 2.24) is 14.8 Å². The molecular formula is C23H18ClF3N6O. The molecule has 4 rings (SSSR count). The van der Waals surface area contributed by atoms with Gasteiger partial charge in [0.1, 0.15) is 23.5 Å². The molecule has 7 nitrogen and oxygen atoms in total. The van der Waals surface area contributed by atoms with Crippen LogP contribution in [0.1, 0.15) is 42.4 Å². The Morgan fingerprint density at radius 3 is 2.44 bits per heavy atom. The van der Waals surface area contributed by atoms with Crippen molar-refractivity contribution in [2.75, 3.05) is 5.73 Å². The summed E-state index contributed by atoms with van der Waals surface area (Å²) >= 11 is 5.88. The second-order valence-corrected chi connectivity index (χ2v) is 8.61. The van der Waals surface area contributed by atoms with Crippen LogP contribution in [0.2, 0.25) is 5.02 Å². The third-order valence-electron chi connectivity index (χ3n) is 6.01. The number of pyridine rings is 1. The van der Waals surface area contributed by atoms with E-state index in [1.807, 2.05) is 12.1 Å². The van der Waals surface area contributed by atoms with Gasteiger partial charge in [0.25, 0.3) is 0 Å². The van der Waals surface area contributed by atoms with E-state index in [1.54, 1.807) is 10.9 Å². The van der Waals surface area contributed by atoms with Gasteiger partial charge in [-0.25, -0.2) is 4.98 Å². The van der Waals surface area contributed by atoms with Crippen molar-refractivity contribution in [3.05, 3.63) is 52.3 Å². The van der Waals surface area contributed by atoms with E-state index in [0.717, 1.165) is 37.5 Å². The first-order valence-corrected chi connectivity index (χ1v) is 10.7. The summed E-state index contributed by atoms with van der Waals surface area (Å²) in [6.07, 6.45) is 1.45. The quantitative estimate of drug-likeness (QED) is 0.527. The van der Waals surface area contributed by atoms with Crippen molar-refractivity contribution in [3.8, 4) is 34.5 Å². The number of rotatable bonds is 5.